The normalized spacial score (nSPS) is 27.0. The fraction of sp³-hybridized carbons (Fsp3) is 0.550. The molecule has 2 fully saturated rings. The van der Waals surface area contributed by atoms with Gasteiger partial charge in [0.25, 0.3) is 5.91 Å². The molecule has 1 heterocycles. The molecule has 1 aromatic rings. The monoisotopic (exact) mass is 375 g/mol. The molecule has 0 unspecified atom stereocenters. The summed E-state index contributed by atoms with van der Waals surface area (Å²) in [4.78, 5) is 38.7. The number of benzene rings is 1. The number of imide groups is 1. The van der Waals surface area contributed by atoms with E-state index in [0.717, 1.165) is 11.3 Å². The van der Waals surface area contributed by atoms with Crippen molar-refractivity contribution in [3.8, 4) is 0 Å². The molecule has 27 heavy (non-hydrogen) atoms. The van der Waals surface area contributed by atoms with Crippen molar-refractivity contribution in [1.29, 1.82) is 0 Å². The fourth-order valence-corrected chi connectivity index (χ4v) is 4.66. The summed E-state index contributed by atoms with van der Waals surface area (Å²) >= 11 is 0. The molecule has 0 aromatic heterocycles. The number of hydrogen-bond acceptors (Lipinski definition) is 3. The molecule has 7 heteroatoms. The van der Waals surface area contributed by atoms with Crippen LogP contribution in [0.1, 0.15) is 45.6 Å². The maximum absolute atomic E-state index is 13.6. The Bertz CT molecular complexity index is 808. The van der Waals surface area contributed by atoms with Gasteiger partial charge in [-0.25, -0.2) is 9.18 Å². The third-order valence-electron chi connectivity index (χ3n) is 5.38. The number of rotatable bonds is 3. The first kappa shape index (κ1) is 19.3. The summed E-state index contributed by atoms with van der Waals surface area (Å²) in [5.74, 6) is -1.03. The summed E-state index contributed by atoms with van der Waals surface area (Å²) in [5, 5.41) is 5.38. The highest BCUT2D eigenvalue weighted by molar-refractivity contribution is 6.10. The quantitative estimate of drug-likeness (QED) is 0.797. The van der Waals surface area contributed by atoms with E-state index >= 15 is 0 Å². The molecular formula is C20H26FN3O3. The van der Waals surface area contributed by atoms with Gasteiger partial charge in [-0.15, -0.1) is 0 Å². The van der Waals surface area contributed by atoms with Gasteiger partial charge in [0, 0.05) is 5.69 Å². The highest BCUT2D eigenvalue weighted by Gasteiger charge is 2.56. The Kier molecular flexibility index (Phi) is 4.74. The highest BCUT2D eigenvalue weighted by atomic mass is 19.1. The second-order valence-electron chi connectivity index (χ2n) is 8.77. The first-order valence-corrected chi connectivity index (χ1v) is 9.21. The van der Waals surface area contributed by atoms with Crippen molar-refractivity contribution in [1.82, 2.24) is 10.2 Å². The molecule has 146 valence electrons. The van der Waals surface area contributed by atoms with Crippen LogP contribution >= 0.6 is 0 Å². The summed E-state index contributed by atoms with van der Waals surface area (Å²) in [6.07, 6.45) is 2.11. The molecule has 0 bridgehead atoms. The number of nitrogens with zero attached hydrogens (tertiary/aromatic N) is 1. The number of urea groups is 1. The van der Waals surface area contributed by atoms with E-state index in [2.05, 4.69) is 31.4 Å². The van der Waals surface area contributed by atoms with Gasteiger partial charge in [0.05, 0.1) is 0 Å². The number of halogens is 1. The minimum absolute atomic E-state index is 0.0711. The van der Waals surface area contributed by atoms with Crippen LogP contribution in [0.2, 0.25) is 0 Å². The molecule has 3 rings (SSSR count). The lowest BCUT2D eigenvalue weighted by atomic mass is 9.64. The number of amides is 4. The molecule has 1 aliphatic carbocycles. The van der Waals surface area contributed by atoms with Crippen molar-refractivity contribution in [2.24, 2.45) is 11.3 Å². The first-order chi connectivity index (χ1) is 12.5. The average molecular weight is 375 g/mol. The number of anilines is 1. The lowest BCUT2D eigenvalue weighted by Crippen LogP contribution is -2.54. The number of nitrogens with one attached hydrogen (secondary N) is 2. The van der Waals surface area contributed by atoms with Crippen LogP contribution in [-0.4, -0.2) is 34.8 Å². The third kappa shape index (κ3) is 3.82. The van der Waals surface area contributed by atoms with E-state index in [4.69, 9.17) is 0 Å². The molecule has 1 saturated carbocycles. The summed E-state index contributed by atoms with van der Waals surface area (Å²) < 4.78 is 13.6. The molecule has 1 aliphatic heterocycles. The number of carbonyl (C=O) groups is 3. The van der Waals surface area contributed by atoms with Gasteiger partial charge in [0.15, 0.2) is 0 Å². The van der Waals surface area contributed by atoms with Crippen LogP contribution in [0.15, 0.2) is 18.2 Å². The maximum atomic E-state index is 13.6. The lowest BCUT2D eigenvalue weighted by Gasteiger charge is -2.43. The topological polar surface area (TPSA) is 78.5 Å². The van der Waals surface area contributed by atoms with Crippen molar-refractivity contribution >= 4 is 23.5 Å². The SMILES string of the molecule is Cc1ccc(NC(=O)CN2C(=O)N[C@@]3(C[C@H](C)CC(C)(C)C3)C2=O)cc1F. The van der Waals surface area contributed by atoms with Gasteiger partial charge in [0.2, 0.25) is 5.91 Å². The van der Waals surface area contributed by atoms with Crippen molar-refractivity contribution < 1.29 is 18.8 Å². The van der Waals surface area contributed by atoms with Crippen LogP contribution in [0.4, 0.5) is 14.9 Å². The molecule has 4 amide bonds. The van der Waals surface area contributed by atoms with Crippen LogP contribution < -0.4 is 10.6 Å². The van der Waals surface area contributed by atoms with Crippen molar-refractivity contribution in [2.45, 2.75) is 52.5 Å². The third-order valence-corrected chi connectivity index (χ3v) is 5.38. The molecule has 1 spiro atoms. The molecule has 2 N–H and O–H groups in total. The summed E-state index contributed by atoms with van der Waals surface area (Å²) in [6.45, 7) is 7.48. The zero-order valence-electron chi connectivity index (χ0n) is 16.2. The van der Waals surface area contributed by atoms with Crippen LogP contribution in [0.25, 0.3) is 0 Å². The molecule has 6 nitrogen and oxygen atoms in total. The summed E-state index contributed by atoms with van der Waals surface area (Å²) in [7, 11) is 0. The van der Waals surface area contributed by atoms with Crippen LogP contribution in [0, 0.1) is 24.1 Å². The van der Waals surface area contributed by atoms with Crippen LogP contribution in [0.5, 0.6) is 0 Å². The Labute approximate surface area is 158 Å². The molecular weight excluding hydrogens is 349 g/mol. The Balaban J connectivity index is 1.72. The van der Waals surface area contributed by atoms with E-state index in [0.29, 0.717) is 24.3 Å². The van der Waals surface area contributed by atoms with Gasteiger partial charge in [0.1, 0.15) is 17.9 Å². The van der Waals surface area contributed by atoms with E-state index in [1.54, 1.807) is 19.1 Å². The zero-order valence-corrected chi connectivity index (χ0v) is 16.2. The Hall–Kier alpha value is -2.44. The van der Waals surface area contributed by atoms with Gasteiger partial charge in [-0.05, 0) is 55.2 Å². The molecule has 1 aromatic carbocycles. The van der Waals surface area contributed by atoms with E-state index in [-0.39, 0.29) is 17.0 Å². The minimum Gasteiger partial charge on any atom is -0.324 e. The predicted molar refractivity (Wildman–Crippen MR) is 99.5 cm³/mol. The second-order valence-corrected chi connectivity index (χ2v) is 8.77. The first-order valence-electron chi connectivity index (χ1n) is 9.21. The van der Waals surface area contributed by atoms with Crippen LogP contribution in [-0.2, 0) is 9.59 Å². The zero-order chi connectivity index (χ0) is 20.0. The Morgan fingerprint density at radius 2 is 2.04 bits per heavy atom. The van der Waals surface area contributed by atoms with E-state index in [9.17, 15) is 18.8 Å². The van der Waals surface area contributed by atoms with E-state index in [1.165, 1.54) is 6.07 Å². The number of hydrogen-bond donors (Lipinski definition) is 2. The predicted octanol–water partition coefficient (Wildman–Crippen LogP) is 3.21. The van der Waals surface area contributed by atoms with Gasteiger partial charge < -0.3 is 10.6 Å². The van der Waals surface area contributed by atoms with Gasteiger partial charge in [-0.1, -0.05) is 26.8 Å². The minimum atomic E-state index is -0.936. The van der Waals surface area contributed by atoms with Crippen molar-refractivity contribution in [2.75, 3.05) is 11.9 Å². The summed E-state index contributed by atoms with van der Waals surface area (Å²) in [5.41, 5.74) is -0.248. The van der Waals surface area contributed by atoms with Gasteiger partial charge >= 0.3 is 6.03 Å². The van der Waals surface area contributed by atoms with Crippen LogP contribution in [0.3, 0.4) is 0 Å². The van der Waals surface area contributed by atoms with Gasteiger partial charge in [-0.3, -0.25) is 14.5 Å². The number of aryl methyl sites for hydroxylation is 1. The maximum Gasteiger partial charge on any atom is 0.325 e. The molecule has 2 aliphatic rings. The fourth-order valence-electron chi connectivity index (χ4n) is 4.66. The summed E-state index contributed by atoms with van der Waals surface area (Å²) in [6, 6.07) is 3.80. The Morgan fingerprint density at radius 1 is 1.33 bits per heavy atom. The molecule has 1 saturated heterocycles. The van der Waals surface area contributed by atoms with Gasteiger partial charge in [-0.2, -0.15) is 0 Å². The standard InChI is InChI=1S/C20H26FN3O3/c1-12-8-19(3,4)11-20(9-12)17(26)24(18(27)23-20)10-16(25)22-14-6-5-13(2)15(21)7-14/h5-7,12H,8-11H2,1-4H3,(H,22,25)(H,23,27)/t12-,20-/m1/s1. The molecule has 2 atom stereocenters. The van der Waals surface area contributed by atoms with E-state index in [1.807, 2.05) is 0 Å². The lowest BCUT2D eigenvalue weighted by molar-refractivity contribution is -0.136. The molecule has 0 radical (unpaired) electrons. The number of carbonyl (C=O) groups excluding carboxylic acids is 3. The second kappa shape index (κ2) is 6.62. The highest BCUT2D eigenvalue weighted by Crippen LogP contribution is 2.46. The Morgan fingerprint density at radius 3 is 2.67 bits per heavy atom. The van der Waals surface area contributed by atoms with E-state index < -0.39 is 29.8 Å². The smallest absolute Gasteiger partial charge is 0.324 e. The largest absolute Gasteiger partial charge is 0.325 e. The van der Waals surface area contributed by atoms with Crippen molar-refractivity contribution in [3.63, 3.8) is 0 Å². The average Bonchev–Trinajstić information content (AvgIpc) is 2.72. The van der Waals surface area contributed by atoms with Crippen molar-refractivity contribution in [3.05, 3.63) is 29.6 Å².